The molecule has 2 aromatic carbocycles. The lowest BCUT2D eigenvalue weighted by atomic mass is 10.1. The summed E-state index contributed by atoms with van der Waals surface area (Å²) in [5, 5.41) is 9.09. The molecule has 33 heavy (non-hydrogen) atoms. The van der Waals surface area contributed by atoms with Crippen LogP contribution in [0.25, 0.3) is 0 Å². The summed E-state index contributed by atoms with van der Waals surface area (Å²) in [7, 11) is 1.60. The molecule has 1 aliphatic heterocycles. The quantitative estimate of drug-likeness (QED) is 0.235. The molecule has 0 fully saturated rings. The summed E-state index contributed by atoms with van der Waals surface area (Å²) in [5.74, 6) is 1.26. The van der Waals surface area contributed by atoms with Crippen molar-refractivity contribution in [3.8, 4) is 17.2 Å². The number of carbonyl (C=O) groups excluding carboxylic acids is 1. The zero-order valence-corrected chi connectivity index (χ0v) is 20.7. The fourth-order valence-electron chi connectivity index (χ4n) is 3.10. The van der Waals surface area contributed by atoms with E-state index in [1.54, 1.807) is 13.1 Å². The van der Waals surface area contributed by atoms with E-state index in [0.717, 1.165) is 17.7 Å². The van der Waals surface area contributed by atoms with Gasteiger partial charge in [-0.15, -0.1) is 24.0 Å². The first-order valence-electron chi connectivity index (χ1n) is 10.2. The lowest BCUT2D eigenvalue weighted by Crippen LogP contribution is -2.36. The van der Waals surface area contributed by atoms with Gasteiger partial charge in [-0.3, -0.25) is 9.79 Å². The van der Waals surface area contributed by atoms with Crippen molar-refractivity contribution >= 4 is 41.5 Å². The number of ether oxygens (including phenoxy) is 3. The van der Waals surface area contributed by atoms with E-state index in [2.05, 4.69) is 25.7 Å². The Morgan fingerprint density at radius 2 is 1.88 bits per heavy atom. The molecule has 11 heteroatoms. The van der Waals surface area contributed by atoms with Gasteiger partial charge in [0.15, 0.2) is 17.5 Å². The highest BCUT2D eigenvalue weighted by Crippen LogP contribution is 2.38. The largest absolute Gasteiger partial charge is 0.454 e. The van der Waals surface area contributed by atoms with Gasteiger partial charge in [-0.05, 0) is 30.2 Å². The maximum absolute atomic E-state index is 12.8. The summed E-state index contributed by atoms with van der Waals surface area (Å²) >= 11 is 0. The molecule has 0 saturated heterocycles. The molecule has 0 spiro atoms. The van der Waals surface area contributed by atoms with Crippen LogP contribution in [0.15, 0.2) is 41.4 Å². The van der Waals surface area contributed by atoms with Gasteiger partial charge < -0.3 is 30.2 Å². The number of nitrogens with zero attached hydrogens (tertiary/aromatic N) is 1. The van der Waals surface area contributed by atoms with Crippen LogP contribution in [-0.4, -0.2) is 32.3 Å². The van der Waals surface area contributed by atoms with Gasteiger partial charge in [0.1, 0.15) is 5.75 Å². The number of fused-ring (bicyclic) bond motifs is 1. The van der Waals surface area contributed by atoms with Gasteiger partial charge in [0, 0.05) is 43.9 Å². The number of benzene rings is 2. The van der Waals surface area contributed by atoms with Crippen molar-refractivity contribution in [3.05, 3.63) is 47.5 Å². The SMILES string of the molecule is CCCC(=O)Nc1cccc(CNC(=NC)NCc2cc3c(cc2OC(F)F)OCO3)c1.I. The van der Waals surface area contributed by atoms with Gasteiger partial charge in [0.05, 0.1) is 0 Å². The third kappa shape index (κ3) is 7.91. The molecule has 3 rings (SSSR count). The first-order chi connectivity index (χ1) is 15.5. The molecule has 2 aromatic rings. The van der Waals surface area contributed by atoms with Crippen LogP contribution in [0.1, 0.15) is 30.9 Å². The van der Waals surface area contributed by atoms with E-state index in [0.29, 0.717) is 36.0 Å². The standard InChI is InChI=1S/C22H26F2N4O4.HI/c1-3-5-20(29)28-16-7-4-6-14(8-16)11-26-22(25-2)27-12-15-9-18-19(31-13-30-18)10-17(15)32-21(23)24;/h4,6-10,21H,3,5,11-13H2,1-2H3,(H,28,29)(H2,25,26,27);1H. The fourth-order valence-corrected chi connectivity index (χ4v) is 3.10. The average molecular weight is 576 g/mol. The number of alkyl halides is 2. The molecule has 8 nitrogen and oxygen atoms in total. The highest BCUT2D eigenvalue weighted by molar-refractivity contribution is 14.0. The molecule has 0 bridgehead atoms. The van der Waals surface area contributed by atoms with Crippen molar-refractivity contribution in [2.45, 2.75) is 39.5 Å². The lowest BCUT2D eigenvalue weighted by Gasteiger charge is -2.15. The van der Waals surface area contributed by atoms with Crippen LogP contribution in [0, 0.1) is 0 Å². The van der Waals surface area contributed by atoms with Crippen LogP contribution in [0.4, 0.5) is 14.5 Å². The number of anilines is 1. The van der Waals surface area contributed by atoms with Crippen LogP contribution < -0.4 is 30.2 Å². The summed E-state index contributed by atoms with van der Waals surface area (Å²) in [6.07, 6.45) is 1.25. The Balaban J connectivity index is 0.00000385. The van der Waals surface area contributed by atoms with Crippen molar-refractivity contribution < 1.29 is 27.8 Å². The van der Waals surface area contributed by atoms with Gasteiger partial charge in [-0.25, -0.2) is 0 Å². The minimum Gasteiger partial charge on any atom is -0.454 e. The number of carbonyl (C=O) groups is 1. The van der Waals surface area contributed by atoms with Crippen molar-refractivity contribution in [1.29, 1.82) is 0 Å². The maximum atomic E-state index is 12.8. The van der Waals surface area contributed by atoms with E-state index in [9.17, 15) is 13.6 Å². The molecular formula is C22H27F2IN4O4. The van der Waals surface area contributed by atoms with Crippen molar-refractivity contribution in [2.75, 3.05) is 19.2 Å². The number of hydrogen-bond donors (Lipinski definition) is 3. The maximum Gasteiger partial charge on any atom is 0.387 e. The minimum absolute atomic E-state index is 0. The number of rotatable bonds is 9. The second kappa shape index (κ2) is 13.0. The second-order valence-corrected chi connectivity index (χ2v) is 6.97. The van der Waals surface area contributed by atoms with E-state index in [4.69, 9.17) is 9.47 Å². The number of guanidine groups is 1. The van der Waals surface area contributed by atoms with Crippen LogP contribution in [0.3, 0.4) is 0 Å². The van der Waals surface area contributed by atoms with Crippen LogP contribution >= 0.6 is 24.0 Å². The smallest absolute Gasteiger partial charge is 0.387 e. The average Bonchev–Trinajstić information content (AvgIpc) is 3.21. The molecule has 0 atom stereocenters. The molecule has 1 heterocycles. The molecule has 0 radical (unpaired) electrons. The van der Waals surface area contributed by atoms with Gasteiger partial charge in [-0.1, -0.05) is 19.1 Å². The molecular weight excluding hydrogens is 549 g/mol. The molecule has 0 aliphatic carbocycles. The zero-order valence-electron chi connectivity index (χ0n) is 18.3. The number of aliphatic imine (C=N–C) groups is 1. The summed E-state index contributed by atoms with van der Waals surface area (Å²) in [5.41, 5.74) is 2.13. The van der Waals surface area contributed by atoms with E-state index in [1.165, 1.54) is 6.07 Å². The van der Waals surface area contributed by atoms with Crippen molar-refractivity contribution in [3.63, 3.8) is 0 Å². The number of halogens is 3. The fraction of sp³-hybridized carbons (Fsp3) is 0.364. The monoisotopic (exact) mass is 576 g/mol. The Labute approximate surface area is 208 Å². The summed E-state index contributed by atoms with van der Waals surface area (Å²) in [4.78, 5) is 15.9. The Bertz CT molecular complexity index is 975. The Morgan fingerprint density at radius 1 is 1.15 bits per heavy atom. The zero-order chi connectivity index (χ0) is 22.9. The van der Waals surface area contributed by atoms with Gasteiger partial charge in [0.2, 0.25) is 12.7 Å². The number of nitrogens with one attached hydrogen (secondary N) is 3. The Kier molecular flexibility index (Phi) is 10.4. The highest BCUT2D eigenvalue weighted by atomic mass is 127. The van der Waals surface area contributed by atoms with Gasteiger partial charge >= 0.3 is 6.61 Å². The molecule has 0 aromatic heterocycles. The molecule has 1 amide bonds. The van der Waals surface area contributed by atoms with Crippen LogP contribution in [0.5, 0.6) is 17.2 Å². The van der Waals surface area contributed by atoms with Crippen molar-refractivity contribution in [2.24, 2.45) is 4.99 Å². The second-order valence-electron chi connectivity index (χ2n) is 6.97. The van der Waals surface area contributed by atoms with E-state index in [-0.39, 0.29) is 49.0 Å². The topological polar surface area (TPSA) is 93.2 Å². The first kappa shape index (κ1) is 26.4. The van der Waals surface area contributed by atoms with Crippen molar-refractivity contribution in [1.82, 2.24) is 10.6 Å². The Hall–Kier alpha value is -2.83. The van der Waals surface area contributed by atoms with Gasteiger partial charge in [0.25, 0.3) is 0 Å². The lowest BCUT2D eigenvalue weighted by molar-refractivity contribution is -0.116. The third-order valence-corrected chi connectivity index (χ3v) is 4.59. The van der Waals surface area contributed by atoms with Crippen LogP contribution in [-0.2, 0) is 17.9 Å². The molecule has 3 N–H and O–H groups in total. The van der Waals surface area contributed by atoms with E-state index < -0.39 is 6.61 Å². The van der Waals surface area contributed by atoms with E-state index >= 15 is 0 Å². The number of amides is 1. The molecule has 0 saturated carbocycles. The van der Waals surface area contributed by atoms with Gasteiger partial charge in [-0.2, -0.15) is 8.78 Å². The van der Waals surface area contributed by atoms with Crippen LogP contribution in [0.2, 0.25) is 0 Å². The highest BCUT2D eigenvalue weighted by Gasteiger charge is 2.20. The number of hydrogen-bond acceptors (Lipinski definition) is 5. The Morgan fingerprint density at radius 3 is 2.58 bits per heavy atom. The molecule has 0 unspecified atom stereocenters. The first-order valence-corrected chi connectivity index (χ1v) is 10.2. The minimum atomic E-state index is -2.96. The van der Waals surface area contributed by atoms with E-state index in [1.807, 2.05) is 31.2 Å². The summed E-state index contributed by atoms with van der Waals surface area (Å²) in [6.45, 7) is -0.368. The predicted octanol–water partition coefficient (Wildman–Crippen LogP) is 4.24. The normalized spacial score (nSPS) is 12.2. The summed E-state index contributed by atoms with van der Waals surface area (Å²) in [6, 6.07) is 10.5. The third-order valence-electron chi connectivity index (χ3n) is 4.59. The molecule has 180 valence electrons. The predicted molar refractivity (Wildman–Crippen MR) is 132 cm³/mol. The summed E-state index contributed by atoms with van der Waals surface area (Å²) < 4.78 is 40.8. The molecule has 1 aliphatic rings.